The molecule has 7 heteroatoms. The van der Waals surface area contributed by atoms with Gasteiger partial charge in [-0.2, -0.15) is 0 Å². The molecule has 0 aliphatic carbocycles. The van der Waals surface area contributed by atoms with Crippen molar-refractivity contribution in [2.75, 3.05) is 26.2 Å². The van der Waals surface area contributed by atoms with E-state index in [-0.39, 0.29) is 12.5 Å². The smallest absolute Gasteiger partial charge is 0.290 e. The first-order valence-corrected chi connectivity index (χ1v) is 11.6. The maximum Gasteiger partial charge on any atom is 0.290 e. The summed E-state index contributed by atoms with van der Waals surface area (Å²) in [6.45, 7) is 9.05. The van der Waals surface area contributed by atoms with Gasteiger partial charge in [0.25, 0.3) is 6.47 Å². The summed E-state index contributed by atoms with van der Waals surface area (Å²) in [4.78, 5) is 18.2. The fourth-order valence-electron chi connectivity index (χ4n) is 4.51. The standard InChI is InChI=1S/C22H31N3OS.CH2O2/c1-17(2)19-16-27-21(23-19)15-24-13-10-22(26,18-8-4-3-5-9-18)20(14-24)25-11-6-7-12-25;2-1-3/h3-5,8-9,16-17,20,26H,6-7,10-15H2,1-2H3;1H,(H,2,3)/t20-,22+;/m1./s1. The molecule has 2 aromatic rings. The Kier molecular flexibility index (Phi) is 7.99. The minimum absolute atomic E-state index is 0.153. The molecule has 2 aliphatic heterocycles. The van der Waals surface area contributed by atoms with Crippen LogP contribution in [0, 0.1) is 0 Å². The predicted molar refractivity (Wildman–Crippen MR) is 120 cm³/mol. The number of aliphatic hydroxyl groups is 1. The van der Waals surface area contributed by atoms with E-state index < -0.39 is 5.60 Å². The molecule has 4 rings (SSSR count). The van der Waals surface area contributed by atoms with Crippen LogP contribution in [0.3, 0.4) is 0 Å². The lowest BCUT2D eigenvalue weighted by Crippen LogP contribution is -2.60. The minimum Gasteiger partial charge on any atom is -0.483 e. The minimum atomic E-state index is -0.756. The van der Waals surface area contributed by atoms with Gasteiger partial charge in [-0.3, -0.25) is 14.6 Å². The van der Waals surface area contributed by atoms with E-state index >= 15 is 0 Å². The van der Waals surface area contributed by atoms with E-state index in [1.54, 1.807) is 11.3 Å². The molecule has 0 bridgehead atoms. The number of nitrogens with zero attached hydrogens (tertiary/aromatic N) is 3. The number of carboxylic acid groups (broad SMARTS) is 1. The zero-order chi connectivity index (χ0) is 21.6. The molecule has 2 fully saturated rings. The molecule has 0 unspecified atom stereocenters. The molecular formula is C23H33N3O3S. The predicted octanol–water partition coefficient (Wildman–Crippen LogP) is 3.53. The SMILES string of the molecule is CC(C)c1csc(CN2CC[C@](O)(c3ccccc3)[C@H](N3CCCC3)C2)n1.O=CO. The van der Waals surface area contributed by atoms with Crippen molar-refractivity contribution in [1.82, 2.24) is 14.8 Å². The summed E-state index contributed by atoms with van der Waals surface area (Å²) >= 11 is 1.77. The molecule has 1 aromatic heterocycles. The highest BCUT2D eigenvalue weighted by atomic mass is 32.1. The molecule has 6 nitrogen and oxygen atoms in total. The summed E-state index contributed by atoms with van der Waals surface area (Å²) in [6.07, 6.45) is 3.26. The van der Waals surface area contributed by atoms with E-state index in [0.29, 0.717) is 5.92 Å². The highest BCUT2D eigenvalue weighted by Crippen LogP contribution is 2.37. The number of carbonyl (C=O) groups is 1. The van der Waals surface area contributed by atoms with Crippen molar-refractivity contribution in [1.29, 1.82) is 0 Å². The van der Waals surface area contributed by atoms with Gasteiger partial charge in [-0.15, -0.1) is 11.3 Å². The van der Waals surface area contributed by atoms with Crippen LogP contribution in [0.15, 0.2) is 35.7 Å². The molecule has 164 valence electrons. The second-order valence-electron chi connectivity index (χ2n) is 8.46. The topological polar surface area (TPSA) is 76.9 Å². The van der Waals surface area contributed by atoms with Crippen LogP contribution in [0.25, 0.3) is 0 Å². The maximum absolute atomic E-state index is 11.7. The number of hydrogen-bond acceptors (Lipinski definition) is 6. The van der Waals surface area contributed by atoms with E-state index in [2.05, 4.69) is 41.2 Å². The highest BCUT2D eigenvalue weighted by Gasteiger charge is 2.46. The van der Waals surface area contributed by atoms with Crippen molar-refractivity contribution < 1.29 is 15.0 Å². The van der Waals surface area contributed by atoms with E-state index in [0.717, 1.165) is 44.7 Å². The molecule has 2 aliphatic rings. The lowest BCUT2D eigenvalue weighted by Gasteiger charge is -2.48. The van der Waals surface area contributed by atoms with Crippen LogP contribution in [-0.4, -0.2) is 63.7 Å². The maximum atomic E-state index is 11.7. The van der Waals surface area contributed by atoms with Crippen LogP contribution in [0.5, 0.6) is 0 Å². The molecule has 0 spiro atoms. The molecule has 30 heavy (non-hydrogen) atoms. The van der Waals surface area contributed by atoms with Crippen LogP contribution in [-0.2, 0) is 16.9 Å². The van der Waals surface area contributed by atoms with E-state index in [1.807, 2.05) is 18.2 Å². The van der Waals surface area contributed by atoms with Crippen molar-refractivity contribution in [3.63, 3.8) is 0 Å². The van der Waals surface area contributed by atoms with Gasteiger partial charge in [0.1, 0.15) is 10.6 Å². The molecule has 1 aromatic carbocycles. The van der Waals surface area contributed by atoms with Crippen LogP contribution in [0.1, 0.15) is 55.3 Å². The summed E-state index contributed by atoms with van der Waals surface area (Å²) in [5.74, 6) is 0.483. The van der Waals surface area contributed by atoms with Crippen molar-refractivity contribution in [3.05, 3.63) is 52.0 Å². The molecule has 2 atom stereocenters. The highest BCUT2D eigenvalue weighted by molar-refractivity contribution is 7.09. The van der Waals surface area contributed by atoms with Gasteiger partial charge in [-0.1, -0.05) is 44.2 Å². The van der Waals surface area contributed by atoms with Crippen LogP contribution in [0.2, 0.25) is 0 Å². The monoisotopic (exact) mass is 431 g/mol. The summed E-state index contributed by atoms with van der Waals surface area (Å²) in [7, 11) is 0. The first-order chi connectivity index (χ1) is 14.5. The molecule has 0 radical (unpaired) electrons. The van der Waals surface area contributed by atoms with Gasteiger partial charge in [0, 0.05) is 18.5 Å². The Morgan fingerprint density at radius 2 is 1.90 bits per heavy atom. The van der Waals surface area contributed by atoms with E-state index in [4.69, 9.17) is 14.9 Å². The third kappa shape index (κ3) is 5.27. The fraction of sp³-hybridized carbons (Fsp3) is 0.565. The van der Waals surface area contributed by atoms with Gasteiger partial charge in [0.05, 0.1) is 18.3 Å². The van der Waals surface area contributed by atoms with Crippen LogP contribution in [0.4, 0.5) is 0 Å². The number of thiazole rings is 1. The Labute approximate surface area is 183 Å². The Morgan fingerprint density at radius 3 is 2.50 bits per heavy atom. The van der Waals surface area contributed by atoms with Crippen molar-refractivity contribution in [3.8, 4) is 0 Å². The first kappa shape index (κ1) is 22.9. The van der Waals surface area contributed by atoms with Crippen LogP contribution < -0.4 is 0 Å². The number of hydrogen-bond donors (Lipinski definition) is 2. The molecule has 2 N–H and O–H groups in total. The van der Waals surface area contributed by atoms with Gasteiger partial charge in [-0.25, -0.2) is 4.98 Å². The lowest BCUT2D eigenvalue weighted by molar-refractivity contribution is -0.122. The fourth-order valence-corrected chi connectivity index (χ4v) is 5.51. The first-order valence-electron chi connectivity index (χ1n) is 10.7. The number of likely N-dealkylation sites (tertiary alicyclic amines) is 2. The zero-order valence-corrected chi connectivity index (χ0v) is 18.7. The Bertz CT molecular complexity index is 792. The van der Waals surface area contributed by atoms with Crippen molar-refractivity contribution >= 4 is 17.8 Å². The summed E-state index contributed by atoms with van der Waals surface area (Å²) in [6, 6.07) is 10.5. The van der Waals surface area contributed by atoms with Crippen molar-refractivity contribution in [2.45, 2.75) is 57.2 Å². The Hall–Kier alpha value is -1.80. The van der Waals surface area contributed by atoms with Crippen LogP contribution >= 0.6 is 11.3 Å². The number of rotatable bonds is 5. The van der Waals surface area contributed by atoms with Gasteiger partial charge >= 0.3 is 0 Å². The summed E-state index contributed by atoms with van der Waals surface area (Å²) in [5, 5.41) is 22.0. The quantitative estimate of drug-likeness (QED) is 0.706. The van der Waals surface area contributed by atoms with Gasteiger partial charge in [0.2, 0.25) is 0 Å². The zero-order valence-electron chi connectivity index (χ0n) is 17.9. The average molecular weight is 432 g/mol. The molecular weight excluding hydrogens is 398 g/mol. The van der Waals surface area contributed by atoms with Gasteiger partial charge in [0.15, 0.2) is 0 Å². The molecule has 0 amide bonds. The number of piperidine rings is 1. The van der Waals surface area contributed by atoms with Gasteiger partial charge < -0.3 is 10.2 Å². The Balaban J connectivity index is 0.000000806. The Morgan fingerprint density at radius 1 is 1.23 bits per heavy atom. The number of aromatic nitrogens is 1. The normalized spacial score (nSPS) is 25.1. The molecule has 2 saturated heterocycles. The third-order valence-electron chi connectivity index (χ3n) is 6.17. The summed E-state index contributed by atoms with van der Waals surface area (Å²) in [5.41, 5.74) is 1.51. The second-order valence-corrected chi connectivity index (χ2v) is 9.40. The van der Waals surface area contributed by atoms with E-state index in [1.165, 1.54) is 23.5 Å². The van der Waals surface area contributed by atoms with E-state index in [9.17, 15) is 5.11 Å². The third-order valence-corrected chi connectivity index (χ3v) is 7.02. The second kappa shape index (κ2) is 10.5. The summed E-state index contributed by atoms with van der Waals surface area (Å²) < 4.78 is 0. The largest absolute Gasteiger partial charge is 0.483 e. The van der Waals surface area contributed by atoms with Gasteiger partial charge in [-0.05, 0) is 43.8 Å². The average Bonchev–Trinajstić information content (AvgIpc) is 3.43. The lowest BCUT2D eigenvalue weighted by atomic mass is 9.79. The molecule has 3 heterocycles. The number of benzene rings is 1. The molecule has 0 saturated carbocycles. The van der Waals surface area contributed by atoms with Crippen molar-refractivity contribution in [2.24, 2.45) is 0 Å².